The fourth-order valence-electron chi connectivity index (χ4n) is 2.51. The van der Waals surface area contributed by atoms with Crippen molar-refractivity contribution in [2.45, 2.75) is 52.0 Å². The number of methoxy groups -OCH3 is 1. The van der Waals surface area contributed by atoms with Crippen LogP contribution in [0.2, 0.25) is 5.02 Å². The number of rotatable bonds is 8. The van der Waals surface area contributed by atoms with Gasteiger partial charge in [-0.1, -0.05) is 44.7 Å². The van der Waals surface area contributed by atoms with E-state index in [-0.39, 0.29) is 6.04 Å². The molecule has 1 aromatic rings. The summed E-state index contributed by atoms with van der Waals surface area (Å²) in [6, 6.07) is 5.90. The molecule has 0 aromatic heterocycles. The van der Waals surface area contributed by atoms with Crippen molar-refractivity contribution in [3.8, 4) is 5.75 Å². The van der Waals surface area contributed by atoms with Crippen molar-refractivity contribution in [1.82, 2.24) is 0 Å². The Hall–Kier alpha value is -0.730. The van der Waals surface area contributed by atoms with Crippen LogP contribution in [0, 0.1) is 5.92 Å². The molecule has 0 aliphatic carbocycles. The van der Waals surface area contributed by atoms with E-state index in [2.05, 4.69) is 13.8 Å². The standard InChI is InChI=1S/C16H26ClNO/c1-4-6-7-12(5-2)15(18)11-13-10-14(17)8-9-16(13)19-3/h8-10,12,15H,4-7,11,18H2,1-3H3. The molecule has 0 aliphatic rings. The first-order valence-corrected chi connectivity index (χ1v) is 7.58. The van der Waals surface area contributed by atoms with Crippen LogP contribution in [0.3, 0.4) is 0 Å². The van der Waals surface area contributed by atoms with Crippen molar-refractivity contribution >= 4 is 11.6 Å². The fraction of sp³-hybridized carbons (Fsp3) is 0.625. The maximum absolute atomic E-state index is 6.38. The van der Waals surface area contributed by atoms with Crippen LogP contribution >= 0.6 is 11.6 Å². The van der Waals surface area contributed by atoms with Gasteiger partial charge in [-0.3, -0.25) is 0 Å². The molecule has 0 aliphatic heterocycles. The molecule has 1 rings (SSSR count). The zero-order valence-electron chi connectivity index (χ0n) is 12.3. The summed E-state index contributed by atoms with van der Waals surface area (Å²) in [5.74, 6) is 1.45. The van der Waals surface area contributed by atoms with Gasteiger partial charge < -0.3 is 10.5 Å². The van der Waals surface area contributed by atoms with Crippen LogP contribution in [0.4, 0.5) is 0 Å². The normalized spacial score (nSPS) is 14.2. The third-order valence-corrected chi connectivity index (χ3v) is 3.99. The third kappa shape index (κ3) is 5.04. The Morgan fingerprint density at radius 2 is 2.05 bits per heavy atom. The van der Waals surface area contributed by atoms with Gasteiger partial charge in [0.1, 0.15) is 5.75 Å². The fourth-order valence-corrected chi connectivity index (χ4v) is 2.71. The summed E-state index contributed by atoms with van der Waals surface area (Å²) in [4.78, 5) is 0. The monoisotopic (exact) mass is 283 g/mol. The predicted molar refractivity (Wildman–Crippen MR) is 83.0 cm³/mol. The highest BCUT2D eigenvalue weighted by Crippen LogP contribution is 2.26. The Labute approximate surface area is 122 Å². The summed E-state index contributed by atoms with van der Waals surface area (Å²) in [7, 11) is 1.69. The number of benzene rings is 1. The van der Waals surface area contributed by atoms with Gasteiger partial charge in [0.25, 0.3) is 0 Å². The number of halogens is 1. The first kappa shape index (κ1) is 16.3. The highest BCUT2D eigenvalue weighted by molar-refractivity contribution is 6.30. The second-order valence-corrected chi connectivity index (χ2v) is 5.57. The van der Waals surface area contributed by atoms with Crippen molar-refractivity contribution in [3.05, 3.63) is 28.8 Å². The lowest BCUT2D eigenvalue weighted by molar-refractivity contribution is 0.361. The Bertz CT molecular complexity index is 381. The molecular weight excluding hydrogens is 258 g/mol. The van der Waals surface area contributed by atoms with Gasteiger partial charge in [-0.25, -0.2) is 0 Å². The molecule has 2 N–H and O–H groups in total. The van der Waals surface area contributed by atoms with Gasteiger partial charge in [-0.15, -0.1) is 0 Å². The van der Waals surface area contributed by atoms with Crippen molar-refractivity contribution in [1.29, 1.82) is 0 Å². The van der Waals surface area contributed by atoms with Gasteiger partial charge in [-0.2, -0.15) is 0 Å². The molecule has 19 heavy (non-hydrogen) atoms. The van der Waals surface area contributed by atoms with E-state index in [0.29, 0.717) is 5.92 Å². The first-order chi connectivity index (χ1) is 9.12. The minimum Gasteiger partial charge on any atom is -0.496 e. The van der Waals surface area contributed by atoms with Crippen molar-refractivity contribution < 1.29 is 4.74 Å². The molecule has 0 saturated heterocycles. The lowest BCUT2D eigenvalue weighted by Crippen LogP contribution is -2.32. The zero-order chi connectivity index (χ0) is 14.3. The van der Waals surface area contributed by atoms with Crippen LogP contribution in [0.5, 0.6) is 5.75 Å². The quantitative estimate of drug-likeness (QED) is 0.766. The van der Waals surface area contributed by atoms with Crippen molar-refractivity contribution in [2.75, 3.05) is 7.11 Å². The summed E-state index contributed by atoms with van der Waals surface area (Å²) in [5, 5.41) is 0.740. The summed E-state index contributed by atoms with van der Waals surface area (Å²) in [5.41, 5.74) is 7.49. The Morgan fingerprint density at radius 3 is 2.63 bits per heavy atom. The van der Waals surface area contributed by atoms with Gasteiger partial charge in [0, 0.05) is 11.1 Å². The summed E-state index contributed by atoms with van der Waals surface area (Å²) >= 11 is 6.06. The molecule has 108 valence electrons. The maximum Gasteiger partial charge on any atom is 0.122 e. The molecule has 0 radical (unpaired) electrons. The van der Waals surface area contributed by atoms with Crippen LogP contribution < -0.4 is 10.5 Å². The van der Waals surface area contributed by atoms with E-state index in [0.717, 1.165) is 29.2 Å². The molecule has 2 atom stereocenters. The number of nitrogens with two attached hydrogens (primary N) is 1. The van der Waals surface area contributed by atoms with Gasteiger partial charge in [0.15, 0.2) is 0 Å². The summed E-state index contributed by atoms with van der Waals surface area (Å²) < 4.78 is 5.38. The topological polar surface area (TPSA) is 35.2 Å². The molecule has 2 unspecified atom stereocenters. The lowest BCUT2D eigenvalue weighted by Gasteiger charge is -2.23. The van der Waals surface area contributed by atoms with Gasteiger partial charge in [0.05, 0.1) is 7.11 Å². The van der Waals surface area contributed by atoms with E-state index in [1.54, 1.807) is 7.11 Å². The highest BCUT2D eigenvalue weighted by atomic mass is 35.5. The van der Waals surface area contributed by atoms with E-state index in [1.807, 2.05) is 18.2 Å². The molecule has 3 heteroatoms. The van der Waals surface area contributed by atoms with Gasteiger partial charge >= 0.3 is 0 Å². The molecule has 0 saturated carbocycles. The van der Waals surface area contributed by atoms with Crippen LogP contribution in [0.25, 0.3) is 0 Å². The zero-order valence-corrected chi connectivity index (χ0v) is 13.0. The summed E-state index contributed by atoms with van der Waals surface area (Å²) in [6.07, 6.45) is 5.63. The van der Waals surface area contributed by atoms with E-state index in [1.165, 1.54) is 19.3 Å². The molecule has 0 fully saturated rings. The molecule has 0 spiro atoms. The number of hydrogen-bond donors (Lipinski definition) is 1. The Kier molecular flexibility index (Phi) is 7.25. The minimum absolute atomic E-state index is 0.170. The highest BCUT2D eigenvalue weighted by Gasteiger charge is 2.17. The van der Waals surface area contributed by atoms with Crippen LogP contribution in [0.1, 0.15) is 45.1 Å². The number of unbranched alkanes of at least 4 members (excludes halogenated alkanes) is 1. The summed E-state index contributed by atoms with van der Waals surface area (Å²) in [6.45, 7) is 4.44. The van der Waals surface area contributed by atoms with Gasteiger partial charge in [-0.05, 0) is 42.5 Å². The van der Waals surface area contributed by atoms with Crippen LogP contribution in [-0.2, 0) is 6.42 Å². The molecule has 0 heterocycles. The average molecular weight is 284 g/mol. The van der Waals surface area contributed by atoms with Crippen molar-refractivity contribution in [2.24, 2.45) is 11.7 Å². The Balaban J connectivity index is 2.73. The second-order valence-electron chi connectivity index (χ2n) is 5.13. The number of ether oxygens (including phenoxy) is 1. The van der Waals surface area contributed by atoms with E-state index in [9.17, 15) is 0 Å². The van der Waals surface area contributed by atoms with E-state index >= 15 is 0 Å². The van der Waals surface area contributed by atoms with E-state index in [4.69, 9.17) is 22.1 Å². The largest absolute Gasteiger partial charge is 0.496 e. The molecule has 0 amide bonds. The van der Waals surface area contributed by atoms with Crippen LogP contribution in [-0.4, -0.2) is 13.2 Å². The van der Waals surface area contributed by atoms with Crippen molar-refractivity contribution in [3.63, 3.8) is 0 Å². The van der Waals surface area contributed by atoms with Crippen LogP contribution in [0.15, 0.2) is 18.2 Å². The average Bonchev–Trinajstić information content (AvgIpc) is 2.40. The number of hydrogen-bond acceptors (Lipinski definition) is 2. The first-order valence-electron chi connectivity index (χ1n) is 7.20. The molecule has 2 nitrogen and oxygen atoms in total. The molecule has 0 bridgehead atoms. The second kappa shape index (κ2) is 8.44. The maximum atomic E-state index is 6.38. The smallest absolute Gasteiger partial charge is 0.122 e. The van der Waals surface area contributed by atoms with Gasteiger partial charge in [0.2, 0.25) is 0 Å². The predicted octanol–water partition coefficient (Wildman–Crippen LogP) is 4.43. The third-order valence-electron chi connectivity index (χ3n) is 3.76. The molecular formula is C16H26ClNO. The minimum atomic E-state index is 0.170. The molecule has 1 aromatic carbocycles. The Morgan fingerprint density at radius 1 is 1.32 bits per heavy atom. The SMILES string of the molecule is CCCCC(CC)C(N)Cc1cc(Cl)ccc1OC. The van der Waals surface area contributed by atoms with E-state index < -0.39 is 0 Å². The lowest BCUT2D eigenvalue weighted by atomic mass is 9.88.